The van der Waals surface area contributed by atoms with Crippen molar-refractivity contribution in [3.05, 3.63) is 65.7 Å². The number of benzene rings is 2. The van der Waals surface area contributed by atoms with Gasteiger partial charge >= 0.3 is 0 Å². The number of rotatable bonds is 8. The first-order valence-corrected chi connectivity index (χ1v) is 7.87. The van der Waals surface area contributed by atoms with Gasteiger partial charge in [0.05, 0.1) is 0 Å². The van der Waals surface area contributed by atoms with E-state index in [2.05, 4.69) is 43.4 Å². The third kappa shape index (κ3) is 6.61. The van der Waals surface area contributed by atoms with Crippen LogP contribution in [0.5, 0.6) is 5.75 Å². The van der Waals surface area contributed by atoms with Crippen LogP contribution in [-0.2, 0) is 6.42 Å². The summed E-state index contributed by atoms with van der Waals surface area (Å²) in [4.78, 5) is 0. The number of aliphatic hydroxyl groups is 1. The van der Waals surface area contributed by atoms with Crippen LogP contribution in [0.1, 0.15) is 31.0 Å². The largest absolute Gasteiger partial charge is 0.491 e. The van der Waals surface area contributed by atoms with Crippen molar-refractivity contribution in [1.29, 1.82) is 0 Å². The summed E-state index contributed by atoms with van der Waals surface area (Å²) >= 11 is 0. The Kier molecular flexibility index (Phi) is 8.70. The monoisotopic (exact) mass is 335 g/mol. The fraction of sp³-hybridized carbons (Fsp3) is 0.368. The molecule has 126 valence electrons. The van der Waals surface area contributed by atoms with E-state index in [0.29, 0.717) is 13.2 Å². The van der Waals surface area contributed by atoms with Crippen molar-refractivity contribution in [3.8, 4) is 5.75 Å². The molecule has 0 aliphatic rings. The lowest BCUT2D eigenvalue weighted by Gasteiger charge is -2.18. The summed E-state index contributed by atoms with van der Waals surface area (Å²) in [5.74, 6) is 0.782. The van der Waals surface area contributed by atoms with E-state index in [-0.39, 0.29) is 18.4 Å². The van der Waals surface area contributed by atoms with Gasteiger partial charge in [-0.25, -0.2) is 0 Å². The van der Waals surface area contributed by atoms with E-state index in [1.807, 2.05) is 30.3 Å². The Morgan fingerprint density at radius 2 is 1.70 bits per heavy atom. The average molecular weight is 336 g/mol. The molecule has 0 saturated heterocycles. The molecule has 2 N–H and O–H groups in total. The molecule has 2 aromatic rings. The molecule has 0 aliphatic carbocycles. The molecule has 0 aromatic heterocycles. The Hall–Kier alpha value is -1.55. The Morgan fingerprint density at radius 1 is 1.04 bits per heavy atom. The average Bonchev–Trinajstić information content (AvgIpc) is 2.58. The summed E-state index contributed by atoms with van der Waals surface area (Å²) in [6, 6.07) is 18.4. The second-order valence-electron chi connectivity index (χ2n) is 5.50. The first-order chi connectivity index (χ1) is 10.7. The van der Waals surface area contributed by atoms with Crippen LogP contribution in [0.4, 0.5) is 0 Å². The molecule has 0 bridgehead atoms. The normalized spacial score (nSPS) is 13.0. The van der Waals surface area contributed by atoms with Crippen molar-refractivity contribution >= 4 is 12.4 Å². The SMILES string of the molecule is CCc1ccc(C(C)NCC(O)COc2ccccc2)cc1.Cl. The van der Waals surface area contributed by atoms with Crippen molar-refractivity contribution in [3.63, 3.8) is 0 Å². The van der Waals surface area contributed by atoms with Gasteiger partial charge in [-0.3, -0.25) is 0 Å². The van der Waals surface area contributed by atoms with Gasteiger partial charge in [-0.1, -0.05) is 49.4 Å². The molecule has 0 amide bonds. The molecular weight excluding hydrogens is 310 g/mol. The zero-order chi connectivity index (χ0) is 15.8. The van der Waals surface area contributed by atoms with Crippen LogP contribution in [-0.4, -0.2) is 24.4 Å². The van der Waals surface area contributed by atoms with Gasteiger partial charge in [0.2, 0.25) is 0 Å². The smallest absolute Gasteiger partial charge is 0.119 e. The number of nitrogens with one attached hydrogen (secondary N) is 1. The Morgan fingerprint density at radius 3 is 2.30 bits per heavy atom. The zero-order valence-electron chi connectivity index (χ0n) is 13.7. The Bertz CT molecular complexity index is 545. The molecule has 0 aliphatic heterocycles. The highest BCUT2D eigenvalue weighted by Crippen LogP contribution is 2.14. The standard InChI is InChI=1S/C19H25NO2.ClH/c1-3-16-9-11-17(12-10-16)15(2)20-13-18(21)14-22-19-7-5-4-6-8-19;/h4-12,15,18,20-21H,3,13-14H2,1-2H3;1H. The van der Waals surface area contributed by atoms with E-state index in [9.17, 15) is 5.11 Å². The molecule has 23 heavy (non-hydrogen) atoms. The quantitative estimate of drug-likeness (QED) is 0.771. The van der Waals surface area contributed by atoms with Gasteiger partial charge in [0.25, 0.3) is 0 Å². The minimum atomic E-state index is -0.530. The first-order valence-electron chi connectivity index (χ1n) is 7.87. The molecule has 0 heterocycles. The molecule has 4 heteroatoms. The maximum Gasteiger partial charge on any atom is 0.119 e. The summed E-state index contributed by atoms with van der Waals surface area (Å²) in [6.45, 7) is 5.05. The van der Waals surface area contributed by atoms with Crippen LogP contribution in [0.2, 0.25) is 0 Å². The highest BCUT2D eigenvalue weighted by atomic mass is 35.5. The minimum absolute atomic E-state index is 0. The molecule has 2 rings (SSSR count). The molecule has 0 saturated carbocycles. The molecule has 2 unspecified atom stereocenters. The Balaban J connectivity index is 0.00000264. The van der Waals surface area contributed by atoms with Crippen LogP contribution in [0.25, 0.3) is 0 Å². The highest BCUT2D eigenvalue weighted by molar-refractivity contribution is 5.85. The molecule has 0 spiro atoms. The summed E-state index contributed by atoms with van der Waals surface area (Å²) in [5, 5.41) is 13.3. The lowest BCUT2D eigenvalue weighted by molar-refractivity contribution is 0.104. The maximum absolute atomic E-state index is 10.0. The number of aryl methyl sites for hydroxylation is 1. The first kappa shape index (κ1) is 19.5. The van der Waals surface area contributed by atoms with E-state index in [0.717, 1.165) is 12.2 Å². The summed E-state index contributed by atoms with van der Waals surface area (Å²) < 4.78 is 5.55. The van der Waals surface area contributed by atoms with Gasteiger partial charge in [0.1, 0.15) is 18.5 Å². The van der Waals surface area contributed by atoms with Gasteiger partial charge in [-0.2, -0.15) is 0 Å². The highest BCUT2D eigenvalue weighted by Gasteiger charge is 2.09. The van der Waals surface area contributed by atoms with E-state index >= 15 is 0 Å². The molecular formula is C19H26ClNO2. The second kappa shape index (κ2) is 10.3. The minimum Gasteiger partial charge on any atom is -0.491 e. The van der Waals surface area contributed by atoms with Gasteiger partial charge in [0, 0.05) is 12.6 Å². The van der Waals surface area contributed by atoms with Crippen LogP contribution in [0.3, 0.4) is 0 Å². The number of halogens is 1. The lowest BCUT2D eigenvalue weighted by Crippen LogP contribution is -2.33. The van der Waals surface area contributed by atoms with Crippen LogP contribution >= 0.6 is 12.4 Å². The van der Waals surface area contributed by atoms with Crippen molar-refractivity contribution in [2.75, 3.05) is 13.2 Å². The third-order valence-electron chi connectivity index (χ3n) is 3.73. The number of hydrogen-bond acceptors (Lipinski definition) is 3. The molecule has 0 radical (unpaired) electrons. The number of ether oxygens (including phenoxy) is 1. The Labute approximate surface area is 145 Å². The second-order valence-corrected chi connectivity index (χ2v) is 5.50. The molecule has 0 fully saturated rings. The van der Waals surface area contributed by atoms with Gasteiger partial charge in [-0.15, -0.1) is 12.4 Å². The predicted molar refractivity (Wildman–Crippen MR) is 97.4 cm³/mol. The van der Waals surface area contributed by atoms with Gasteiger partial charge in [-0.05, 0) is 36.6 Å². The summed E-state index contributed by atoms with van der Waals surface area (Å²) in [7, 11) is 0. The van der Waals surface area contributed by atoms with Crippen LogP contribution in [0, 0.1) is 0 Å². The lowest BCUT2D eigenvalue weighted by atomic mass is 10.0. The van der Waals surface area contributed by atoms with E-state index in [1.165, 1.54) is 11.1 Å². The van der Waals surface area contributed by atoms with E-state index in [1.54, 1.807) is 0 Å². The van der Waals surface area contributed by atoms with Crippen molar-refractivity contribution in [2.45, 2.75) is 32.4 Å². The number of hydrogen-bond donors (Lipinski definition) is 2. The van der Waals surface area contributed by atoms with Crippen LogP contribution < -0.4 is 10.1 Å². The maximum atomic E-state index is 10.0. The van der Waals surface area contributed by atoms with Crippen molar-refractivity contribution in [2.24, 2.45) is 0 Å². The number of para-hydroxylation sites is 1. The third-order valence-corrected chi connectivity index (χ3v) is 3.73. The fourth-order valence-electron chi connectivity index (χ4n) is 2.24. The van der Waals surface area contributed by atoms with Gasteiger partial charge < -0.3 is 15.2 Å². The van der Waals surface area contributed by atoms with E-state index < -0.39 is 6.10 Å². The summed E-state index contributed by atoms with van der Waals surface area (Å²) in [6.07, 6.45) is 0.523. The zero-order valence-corrected chi connectivity index (χ0v) is 14.6. The van der Waals surface area contributed by atoms with Crippen molar-refractivity contribution in [1.82, 2.24) is 5.32 Å². The van der Waals surface area contributed by atoms with Crippen molar-refractivity contribution < 1.29 is 9.84 Å². The fourth-order valence-corrected chi connectivity index (χ4v) is 2.24. The number of aliphatic hydroxyl groups excluding tert-OH is 1. The predicted octanol–water partition coefficient (Wildman–Crippen LogP) is 3.76. The summed E-state index contributed by atoms with van der Waals surface area (Å²) in [5.41, 5.74) is 2.57. The van der Waals surface area contributed by atoms with Gasteiger partial charge in [0.15, 0.2) is 0 Å². The van der Waals surface area contributed by atoms with Crippen LogP contribution in [0.15, 0.2) is 54.6 Å². The van der Waals surface area contributed by atoms with E-state index in [4.69, 9.17) is 4.74 Å². The molecule has 3 nitrogen and oxygen atoms in total. The molecule has 2 aromatic carbocycles. The molecule has 2 atom stereocenters. The topological polar surface area (TPSA) is 41.5 Å².